The molecule has 0 N–H and O–H groups in total. The fraction of sp³-hybridized carbons (Fsp3) is 0.143. The minimum Gasteiger partial charge on any atom is -0.152 e. The number of hydrogen-bond donors (Lipinski definition) is 0. The third-order valence-corrected chi connectivity index (χ3v) is 4.60. The van der Waals surface area contributed by atoms with Crippen LogP contribution in [-0.4, -0.2) is 0 Å². The Hall–Kier alpha value is -1.70. The van der Waals surface area contributed by atoms with E-state index in [0.29, 0.717) is 5.88 Å². The van der Waals surface area contributed by atoms with Crippen LogP contribution < -0.4 is 0 Å². The van der Waals surface area contributed by atoms with Gasteiger partial charge in [-0.3, -0.25) is 0 Å². The summed E-state index contributed by atoms with van der Waals surface area (Å²) >= 11 is 7.49. The predicted molar refractivity (Wildman–Crippen MR) is 104 cm³/mol. The second-order valence-electron chi connectivity index (χ2n) is 5.08. The molecule has 0 aliphatic carbocycles. The Labute approximate surface area is 148 Å². The maximum Gasteiger partial charge on any atom is 0.0474 e. The van der Waals surface area contributed by atoms with Gasteiger partial charge in [0.15, 0.2) is 0 Å². The Morgan fingerprint density at radius 2 is 0.870 bits per heavy atom. The molecule has 0 aliphatic heterocycles. The number of rotatable bonds is 5. The molecule has 0 nitrogen and oxygen atoms in total. The van der Waals surface area contributed by atoms with Gasteiger partial charge in [-0.1, -0.05) is 91.0 Å². The number of alkyl halides is 1. The van der Waals surface area contributed by atoms with E-state index in [1.54, 1.807) is 0 Å². The van der Waals surface area contributed by atoms with E-state index in [1.165, 1.54) is 16.7 Å². The monoisotopic (exact) mass is 340 g/mol. The summed E-state index contributed by atoms with van der Waals surface area (Å²) < 4.78 is 0. The second-order valence-corrected chi connectivity index (χ2v) is 6.34. The first-order chi connectivity index (χ1) is 11.4. The van der Waals surface area contributed by atoms with Gasteiger partial charge < -0.3 is 0 Å². The molecule has 0 atom stereocenters. The van der Waals surface area contributed by atoms with Crippen LogP contribution in [0.5, 0.6) is 0 Å². The van der Waals surface area contributed by atoms with Gasteiger partial charge in [-0.25, -0.2) is 0 Å². The van der Waals surface area contributed by atoms with Crippen molar-refractivity contribution in [2.45, 2.75) is 17.4 Å². The summed E-state index contributed by atoms with van der Waals surface area (Å²) in [4.78, 5) is 0. The van der Waals surface area contributed by atoms with Gasteiger partial charge >= 0.3 is 0 Å². The lowest BCUT2D eigenvalue weighted by atomic mass is 10.2. The van der Waals surface area contributed by atoms with Crippen molar-refractivity contribution in [3.05, 3.63) is 108 Å². The van der Waals surface area contributed by atoms with Gasteiger partial charge in [0, 0.05) is 17.4 Å². The number of benzene rings is 3. The topological polar surface area (TPSA) is 0 Å². The molecule has 0 unspecified atom stereocenters. The van der Waals surface area contributed by atoms with Gasteiger partial charge in [0.2, 0.25) is 0 Å². The molecule has 0 saturated heterocycles. The van der Waals surface area contributed by atoms with E-state index in [0.717, 1.165) is 11.5 Å². The maximum atomic E-state index is 5.53. The van der Waals surface area contributed by atoms with E-state index in [4.69, 9.17) is 11.6 Å². The third-order valence-electron chi connectivity index (χ3n) is 3.22. The van der Waals surface area contributed by atoms with Crippen molar-refractivity contribution in [2.24, 2.45) is 0 Å². The zero-order valence-electron chi connectivity index (χ0n) is 13.1. The van der Waals surface area contributed by atoms with E-state index in [1.807, 2.05) is 42.1 Å². The first kappa shape index (κ1) is 17.7. The molecule has 3 rings (SSSR count). The van der Waals surface area contributed by atoms with Gasteiger partial charge in [-0.2, -0.15) is 11.8 Å². The lowest BCUT2D eigenvalue weighted by Gasteiger charge is -2.01. The quantitative estimate of drug-likeness (QED) is 0.475. The molecular formula is C21H21ClS. The van der Waals surface area contributed by atoms with Crippen LogP contribution in [0.3, 0.4) is 0 Å². The summed E-state index contributed by atoms with van der Waals surface area (Å²) in [5.41, 5.74) is 3.98. The third kappa shape index (κ3) is 7.40. The highest BCUT2D eigenvalue weighted by molar-refractivity contribution is 7.97. The highest BCUT2D eigenvalue weighted by Gasteiger charge is 1.93. The van der Waals surface area contributed by atoms with Crippen LogP contribution in [0, 0.1) is 0 Å². The minimum absolute atomic E-state index is 0.612. The van der Waals surface area contributed by atoms with Crippen LogP contribution in [-0.2, 0) is 17.4 Å². The van der Waals surface area contributed by atoms with Crippen LogP contribution in [0.4, 0.5) is 0 Å². The predicted octanol–water partition coefficient (Wildman–Crippen LogP) is 6.55. The van der Waals surface area contributed by atoms with Gasteiger partial charge in [-0.15, -0.1) is 11.6 Å². The van der Waals surface area contributed by atoms with Crippen molar-refractivity contribution in [2.75, 3.05) is 0 Å². The molecule has 0 fully saturated rings. The Balaban J connectivity index is 0.000000203. The highest BCUT2D eigenvalue weighted by Crippen LogP contribution is 2.17. The SMILES string of the molecule is ClCc1ccccc1.c1ccc(CSCc2ccccc2)cc1. The average molecular weight is 341 g/mol. The number of hydrogen-bond acceptors (Lipinski definition) is 1. The first-order valence-corrected chi connectivity index (χ1v) is 9.33. The molecule has 2 heteroatoms. The highest BCUT2D eigenvalue weighted by atomic mass is 35.5. The lowest BCUT2D eigenvalue weighted by Crippen LogP contribution is -1.82. The van der Waals surface area contributed by atoms with Crippen molar-refractivity contribution in [3.63, 3.8) is 0 Å². The lowest BCUT2D eigenvalue weighted by molar-refractivity contribution is 1.36. The second kappa shape index (κ2) is 10.9. The normalized spacial score (nSPS) is 9.78. The molecule has 3 aromatic rings. The fourth-order valence-corrected chi connectivity index (χ4v) is 3.14. The molecule has 23 heavy (non-hydrogen) atoms. The van der Waals surface area contributed by atoms with E-state index in [9.17, 15) is 0 Å². The Morgan fingerprint density at radius 1 is 0.522 bits per heavy atom. The molecular weight excluding hydrogens is 320 g/mol. The van der Waals surface area contributed by atoms with Crippen LogP contribution in [0.2, 0.25) is 0 Å². The van der Waals surface area contributed by atoms with Crippen LogP contribution in [0.25, 0.3) is 0 Å². The smallest absolute Gasteiger partial charge is 0.0474 e. The molecule has 0 radical (unpaired) electrons. The summed E-state index contributed by atoms with van der Waals surface area (Å²) in [6, 6.07) is 31.2. The number of thioether (sulfide) groups is 1. The average Bonchev–Trinajstić information content (AvgIpc) is 2.65. The maximum absolute atomic E-state index is 5.53. The van der Waals surface area contributed by atoms with Crippen molar-refractivity contribution < 1.29 is 0 Å². The van der Waals surface area contributed by atoms with Crippen LogP contribution >= 0.6 is 23.4 Å². The summed E-state index contributed by atoms with van der Waals surface area (Å²) in [5, 5.41) is 0. The van der Waals surface area contributed by atoms with Gasteiger partial charge in [0.25, 0.3) is 0 Å². The zero-order valence-corrected chi connectivity index (χ0v) is 14.6. The van der Waals surface area contributed by atoms with Gasteiger partial charge in [-0.05, 0) is 16.7 Å². The molecule has 0 aromatic heterocycles. The van der Waals surface area contributed by atoms with Crippen molar-refractivity contribution in [1.82, 2.24) is 0 Å². The number of halogens is 1. The molecule has 0 heterocycles. The molecule has 0 amide bonds. The largest absolute Gasteiger partial charge is 0.152 e. The zero-order chi connectivity index (χ0) is 16.2. The molecule has 118 valence electrons. The van der Waals surface area contributed by atoms with Gasteiger partial charge in [0.1, 0.15) is 0 Å². The van der Waals surface area contributed by atoms with Crippen LogP contribution in [0.1, 0.15) is 16.7 Å². The molecule has 3 aromatic carbocycles. The first-order valence-electron chi connectivity index (χ1n) is 7.64. The Morgan fingerprint density at radius 3 is 1.17 bits per heavy atom. The van der Waals surface area contributed by atoms with E-state index < -0.39 is 0 Å². The molecule has 0 aliphatic rings. The Bertz CT molecular complexity index is 599. The molecule has 0 saturated carbocycles. The molecule has 0 bridgehead atoms. The summed E-state index contributed by atoms with van der Waals surface area (Å²) in [5.74, 6) is 2.80. The van der Waals surface area contributed by atoms with E-state index >= 15 is 0 Å². The minimum atomic E-state index is 0.612. The Kier molecular flexibility index (Phi) is 8.39. The van der Waals surface area contributed by atoms with Crippen LogP contribution in [0.15, 0.2) is 91.0 Å². The van der Waals surface area contributed by atoms with Crippen molar-refractivity contribution >= 4 is 23.4 Å². The molecule has 0 spiro atoms. The summed E-state index contributed by atoms with van der Waals surface area (Å²) in [6.45, 7) is 0. The van der Waals surface area contributed by atoms with Crippen molar-refractivity contribution in [1.29, 1.82) is 0 Å². The summed E-state index contributed by atoms with van der Waals surface area (Å²) in [6.07, 6.45) is 0. The standard InChI is InChI=1S/C14H14S.C7H7Cl/c1-3-7-13(8-4-1)11-15-12-14-9-5-2-6-10-14;8-6-7-4-2-1-3-5-7/h1-10H,11-12H2;1-5H,6H2. The van der Waals surface area contributed by atoms with Crippen molar-refractivity contribution in [3.8, 4) is 0 Å². The van der Waals surface area contributed by atoms with Gasteiger partial charge in [0.05, 0.1) is 0 Å². The van der Waals surface area contributed by atoms with E-state index in [2.05, 4.69) is 60.7 Å². The fourth-order valence-electron chi connectivity index (χ4n) is 2.00. The summed E-state index contributed by atoms with van der Waals surface area (Å²) in [7, 11) is 0. The van der Waals surface area contributed by atoms with E-state index in [-0.39, 0.29) is 0 Å².